The van der Waals surface area contributed by atoms with E-state index in [4.69, 9.17) is 0 Å². The number of nitrogens with one attached hydrogen (secondary N) is 3. The fourth-order valence-corrected chi connectivity index (χ4v) is 2.20. The number of para-hydroxylation sites is 2. The Morgan fingerprint density at radius 1 is 1.08 bits per heavy atom. The predicted octanol–water partition coefficient (Wildman–Crippen LogP) is 2.17. The topological polar surface area (TPSA) is 88.1 Å². The molecule has 0 aliphatic rings. The Balaban J connectivity index is 1.54. The molecule has 3 amide bonds. The predicted molar refractivity (Wildman–Crippen MR) is 86.4 cm³/mol. The van der Waals surface area contributed by atoms with Crippen molar-refractivity contribution in [2.45, 2.75) is 6.54 Å². The Morgan fingerprint density at radius 3 is 2.68 bits per heavy atom. The fourth-order valence-electron chi connectivity index (χ4n) is 2.20. The lowest BCUT2D eigenvalue weighted by atomic mass is 10.3. The van der Waals surface area contributed by atoms with Crippen molar-refractivity contribution in [3.05, 3.63) is 60.4 Å². The van der Waals surface area contributed by atoms with Crippen molar-refractivity contribution >= 4 is 28.7 Å². The number of rotatable bonds is 3. The van der Waals surface area contributed by atoms with Crippen LogP contribution in [0.5, 0.6) is 0 Å². The molecule has 0 fully saturated rings. The molecule has 0 unspecified atom stereocenters. The molecule has 25 heavy (non-hydrogen) atoms. The van der Waals surface area contributed by atoms with Crippen molar-refractivity contribution in [2.24, 2.45) is 0 Å². The molecule has 0 aliphatic heterocycles. The molecule has 1 aromatic heterocycles. The standard InChI is InChI=1S/C16H13F2N5O2/c17-10-5-6-12(11(18)7-10)20-16(25)22-21-15(24)8-23-9-19-13-3-1-2-4-14(13)23/h1-7,9H,8H2,(H,21,24)(H2,20,22,25). The quantitative estimate of drug-likeness (QED) is 0.636. The van der Waals surface area contributed by atoms with Gasteiger partial charge in [-0.15, -0.1) is 0 Å². The molecular weight excluding hydrogens is 332 g/mol. The maximum absolute atomic E-state index is 13.4. The number of amides is 3. The number of hydrogen-bond acceptors (Lipinski definition) is 3. The molecule has 0 saturated heterocycles. The Hall–Kier alpha value is -3.49. The Labute approximate surface area is 140 Å². The summed E-state index contributed by atoms with van der Waals surface area (Å²) in [7, 11) is 0. The van der Waals surface area contributed by atoms with Crippen LogP contribution in [0.4, 0.5) is 19.3 Å². The zero-order valence-corrected chi connectivity index (χ0v) is 12.8. The van der Waals surface area contributed by atoms with Gasteiger partial charge in [-0.25, -0.2) is 24.0 Å². The second-order valence-electron chi connectivity index (χ2n) is 5.11. The van der Waals surface area contributed by atoms with Crippen molar-refractivity contribution in [3.63, 3.8) is 0 Å². The van der Waals surface area contributed by atoms with Gasteiger partial charge in [0, 0.05) is 6.07 Å². The van der Waals surface area contributed by atoms with Gasteiger partial charge in [0.25, 0.3) is 5.91 Å². The monoisotopic (exact) mass is 345 g/mol. The summed E-state index contributed by atoms with van der Waals surface area (Å²) in [6.07, 6.45) is 1.51. The van der Waals surface area contributed by atoms with Crippen molar-refractivity contribution in [3.8, 4) is 0 Å². The van der Waals surface area contributed by atoms with Crippen LogP contribution in [0.15, 0.2) is 48.8 Å². The number of fused-ring (bicyclic) bond motifs is 1. The molecule has 0 saturated carbocycles. The SMILES string of the molecule is O=C(Cn1cnc2ccccc21)NNC(=O)Nc1ccc(F)cc1F. The molecule has 9 heteroatoms. The molecule has 0 atom stereocenters. The van der Waals surface area contributed by atoms with Gasteiger partial charge in [0.15, 0.2) is 0 Å². The lowest BCUT2D eigenvalue weighted by Gasteiger charge is -2.10. The maximum Gasteiger partial charge on any atom is 0.338 e. The highest BCUT2D eigenvalue weighted by Crippen LogP contribution is 2.14. The molecule has 3 rings (SSSR count). The van der Waals surface area contributed by atoms with Gasteiger partial charge in [-0.05, 0) is 24.3 Å². The van der Waals surface area contributed by atoms with Gasteiger partial charge in [0.1, 0.15) is 18.2 Å². The summed E-state index contributed by atoms with van der Waals surface area (Å²) in [6, 6.07) is 9.12. The van der Waals surface area contributed by atoms with Gasteiger partial charge in [-0.1, -0.05) is 12.1 Å². The number of hydrazine groups is 1. The van der Waals surface area contributed by atoms with Crippen molar-refractivity contribution in [1.29, 1.82) is 0 Å². The maximum atomic E-state index is 13.4. The molecule has 2 aromatic carbocycles. The van der Waals surface area contributed by atoms with E-state index in [1.807, 2.05) is 24.3 Å². The summed E-state index contributed by atoms with van der Waals surface area (Å²) in [5, 5.41) is 2.16. The number of nitrogens with zero attached hydrogens (tertiary/aromatic N) is 2. The van der Waals surface area contributed by atoms with Gasteiger partial charge in [0.2, 0.25) is 0 Å². The average Bonchev–Trinajstić information content (AvgIpc) is 2.99. The van der Waals surface area contributed by atoms with Crippen LogP contribution < -0.4 is 16.2 Å². The Kier molecular flexibility index (Phi) is 4.55. The van der Waals surface area contributed by atoms with E-state index in [9.17, 15) is 18.4 Å². The van der Waals surface area contributed by atoms with Crippen molar-refractivity contribution < 1.29 is 18.4 Å². The second-order valence-corrected chi connectivity index (χ2v) is 5.11. The minimum Gasteiger partial charge on any atom is -0.321 e. The highest BCUT2D eigenvalue weighted by Gasteiger charge is 2.10. The average molecular weight is 345 g/mol. The summed E-state index contributed by atoms with van der Waals surface area (Å²) in [5.41, 5.74) is 5.58. The van der Waals surface area contributed by atoms with E-state index in [0.29, 0.717) is 6.07 Å². The lowest BCUT2D eigenvalue weighted by Crippen LogP contribution is -2.45. The third-order valence-electron chi connectivity index (χ3n) is 3.34. The highest BCUT2D eigenvalue weighted by atomic mass is 19.1. The van der Waals surface area contributed by atoms with E-state index in [2.05, 4.69) is 21.2 Å². The van der Waals surface area contributed by atoms with Crippen LogP contribution in [0.25, 0.3) is 11.0 Å². The van der Waals surface area contributed by atoms with E-state index in [1.165, 1.54) is 6.33 Å². The molecular formula is C16H13F2N5O2. The van der Waals surface area contributed by atoms with Gasteiger partial charge < -0.3 is 9.88 Å². The Morgan fingerprint density at radius 2 is 1.88 bits per heavy atom. The lowest BCUT2D eigenvalue weighted by molar-refractivity contribution is -0.122. The summed E-state index contributed by atoms with van der Waals surface area (Å²) < 4.78 is 27.8. The molecule has 128 valence electrons. The summed E-state index contributed by atoms with van der Waals surface area (Å²) in [5.74, 6) is -2.19. The third kappa shape index (κ3) is 3.89. The first-order valence-electron chi connectivity index (χ1n) is 7.23. The first-order valence-corrected chi connectivity index (χ1v) is 7.23. The van der Waals surface area contributed by atoms with Crippen molar-refractivity contribution in [1.82, 2.24) is 20.4 Å². The van der Waals surface area contributed by atoms with Crippen LogP contribution in [0.2, 0.25) is 0 Å². The van der Waals surface area contributed by atoms with Crippen LogP contribution in [0.1, 0.15) is 0 Å². The number of hydrogen-bond donors (Lipinski definition) is 3. The minimum atomic E-state index is -0.925. The molecule has 7 nitrogen and oxygen atoms in total. The number of aromatic nitrogens is 2. The van der Waals surface area contributed by atoms with Crippen molar-refractivity contribution in [2.75, 3.05) is 5.32 Å². The number of urea groups is 1. The molecule has 0 radical (unpaired) electrons. The number of imidazole rings is 1. The summed E-state index contributed by atoms with van der Waals surface area (Å²) >= 11 is 0. The minimum absolute atomic E-state index is 0.0638. The first kappa shape index (κ1) is 16.4. The Bertz CT molecular complexity index is 941. The zero-order valence-electron chi connectivity index (χ0n) is 12.8. The van der Waals surface area contributed by atoms with Gasteiger partial charge in [-0.2, -0.15) is 0 Å². The third-order valence-corrected chi connectivity index (χ3v) is 3.34. The first-order chi connectivity index (χ1) is 12.0. The zero-order chi connectivity index (χ0) is 17.8. The van der Waals surface area contributed by atoms with Crippen LogP contribution in [-0.2, 0) is 11.3 Å². The van der Waals surface area contributed by atoms with E-state index in [1.54, 1.807) is 4.57 Å². The summed E-state index contributed by atoms with van der Waals surface area (Å²) in [4.78, 5) is 27.7. The summed E-state index contributed by atoms with van der Waals surface area (Å²) in [6.45, 7) is -0.0638. The molecule has 0 bridgehead atoms. The largest absolute Gasteiger partial charge is 0.338 e. The number of anilines is 1. The number of carbonyl (C=O) groups excluding carboxylic acids is 2. The van der Waals surface area contributed by atoms with Gasteiger partial charge in [-0.3, -0.25) is 10.2 Å². The molecule has 1 heterocycles. The second kappa shape index (κ2) is 6.95. The molecule has 0 aliphatic carbocycles. The van der Waals surface area contributed by atoms with Gasteiger partial charge >= 0.3 is 6.03 Å². The number of halogens is 2. The fraction of sp³-hybridized carbons (Fsp3) is 0.0625. The molecule has 3 N–H and O–H groups in total. The van der Waals surface area contributed by atoms with Crippen LogP contribution in [-0.4, -0.2) is 21.5 Å². The van der Waals surface area contributed by atoms with E-state index >= 15 is 0 Å². The van der Waals surface area contributed by atoms with Gasteiger partial charge in [0.05, 0.1) is 23.0 Å². The van der Waals surface area contributed by atoms with Crippen LogP contribution >= 0.6 is 0 Å². The highest BCUT2D eigenvalue weighted by molar-refractivity contribution is 5.91. The number of carbonyl (C=O) groups is 2. The smallest absolute Gasteiger partial charge is 0.321 e. The van der Waals surface area contributed by atoms with E-state index < -0.39 is 23.6 Å². The number of benzene rings is 2. The van der Waals surface area contributed by atoms with E-state index in [0.717, 1.165) is 23.2 Å². The van der Waals surface area contributed by atoms with Crippen LogP contribution in [0.3, 0.4) is 0 Å². The van der Waals surface area contributed by atoms with E-state index in [-0.39, 0.29) is 12.2 Å². The normalized spacial score (nSPS) is 10.5. The van der Waals surface area contributed by atoms with Crippen LogP contribution in [0, 0.1) is 11.6 Å². The molecule has 0 spiro atoms. The molecule has 3 aromatic rings.